The van der Waals surface area contributed by atoms with Gasteiger partial charge in [0.1, 0.15) is 5.75 Å². The highest BCUT2D eigenvalue weighted by Crippen LogP contribution is 2.12. The molecule has 120 valence electrons. The molecule has 1 amide bonds. The summed E-state index contributed by atoms with van der Waals surface area (Å²) in [5.74, 6) is 0.414. The van der Waals surface area contributed by atoms with Crippen LogP contribution in [-0.2, 0) is 4.79 Å². The summed E-state index contributed by atoms with van der Waals surface area (Å²) in [6.45, 7) is 4.01. The Morgan fingerprint density at radius 2 is 1.91 bits per heavy atom. The monoisotopic (exact) mass is 310 g/mol. The number of benzene rings is 2. The Kier molecular flexibility index (Phi) is 6.36. The maximum atomic E-state index is 11.9. The highest BCUT2D eigenvalue weighted by Gasteiger charge is 2.05. The molecule has 0 aliphatic carbocycles. The first-order valence-corrected chi connectivity index (χ1v) is 7.79. The van der Waals surface area contributed by atoms with Crippen molar-refractivity contribution >= 4 is 11.6 Å². The molecule has 0 saturated heterocycles. The third kappa shape index (κ3) is 5.58. The molecule has 0 spiro atoms. The van der Waals surface area contributed by atoms with Crippen LogP contribution >= 0.6 is 0 Å². The Morgan fingerprint density at radius 1 is 1.13 bits per heavy atom. The number of hydrogen-bond donors (Lipinski definition) is 1. The second-order valence-corrected chi connectivity index (χ2v) is 5.31. The van der Waals surface area contributed by atoms with Crippen LogP contribution in [0.4, 0.5) is 0 Å². The summed E-state index contributed by atoms with van der Waals surface area (Å²) in [7, 11) is 0. The second kappa shape index (κ2) is 8.73. The van der Waals surface area contributed by atoms with Crippen LogP contribution in [0.25, 0.3) is 0 Å². The number of amides is 1. The van der Waals surface area contributed by atoms with Gasteiger partial charge in [-0.15, -0.1) is 0 Å². The van der Waals surface area contributed by atoms with Gasteiger partial charge in [0.25, 0.3) is 5.91 Å². The summed E-state index contributed by atoms with van der Waals surface area (Å²) in [5, 5.41) is 4.25. The van der Waals surface area contributed by atoms with E-state index in [-0.39, 0.29) is 12.5 Å². The van der Waals surface area contributed by atoms with Crippen LogP contribution in [-0.4, -0.2) is 18.2 Å². The van der Waals surface area contributed by atoms with Crippen molar-refractivity contribution in [2.75, 3.05) is 6.61 Å². The smallest absolute Gasteiger partial charge is 0.277 e. The number of carbonyl (C=O) groups excluding carboxylic acids is 1. The number of nitrogens with one attached hydrogen (secondary N) is 1. The lowest BCUT2D eigenvalue weighted by atomic mass is 10.1. The summed E-state index contributed by atoms with van der Waals surface area (Å²) in [4.78, 5) is 11.9. The van der Waals surface area contributed by atoms with Gasteiger partial charge >= 0.3 is 0 Å². The van der Waals surface area contributed by atoms with Crippen LogP contribution in [0.2, 0.25) is 0 Å². The number of nitrogens with zero attached hydrogens (tertiary/aromatic N) is 1. The Labute approximate surface area is 137 Å². The van der Waals surface area contributed by atoms with Gasteiger partial charge in [0.05, 0.1) is 5.71 Å². The highest BCUT2D eigenvalue weighted by atomic mass is 16.5. The predicted molar refractivity (Wildman–Crippen MR) is 92.7 cm³/mol. The van der Waals surface area contributed by atoms with Crippen LogP contribution in [0.5, 0.6) is 5.75 Å². The maximum absolute atomic E-state index is 11.9. The molecule has 1 N–H and O–H groups in total. The zero-order valence-electron chi connectivity index (χ0n) is 13.6. The fourth-order valence-electron chi connectivity index (χ4n) is 2.15. The molecule has 0 bridgehead atoms. The first kappa shape index (κ1) is 16.7. The highest BCUT2D eigenvalue weighted by molar-refractivity contribution is 6.01. The van der Waals surface area contributed by atoms with E-state index in [9.17, 15) is 4.79 Å². The molecule has 2 aromatic carbocycles. The first-order chi connectivity index (χ1) is 11.2. The summed E-state index contributed by atoms with van der Waals surface area (Å²) < 4.78 is 5.47. The minimum atomic E-state index is -0.268. The Morgan fingerprint density at radius 3 is 2.61 bits per heavy atom. The molecule has 4 heteroatoms. The molecule has 0 aliphatic heterocycles. The van der Waals surface area contributed by atoms with Gasteiger partial charge in [-0.2, -0.15) is 5.10 Å². The van der Waals surface area contributed by atoms with E-state index >= 15 is 0 Å². The SMILES string of the molecule is CCCC(=NNC(=O)COc1cccc(C)c1)c1ccccc1. The van der Waals surface area contributed by atoms with Crippen molar-refractivity contribution in [1.82, 2.24) is 5.43 Å². The molecule has 2 aromatic rings. The number of hydrogen-bond acceptors (Lipinski definition) is 3. The zero-order valence-corrected chi connectivity index (χ0v) is 13.6. The van der Waals surface area contributed by atoms with Gasteiger partial charge in [0.15, 0.2) is 6.61 Å². The van der Waals surface area contributed by atoms with Gasteiger partial charge in [-0.05, 0) is 36.6 Å². The van der Waals surface area contributed by atoms with Crippen molar-refractivity contribution in [3.8, 4) is 5.75 Å². The fraction of sp³-hybridized carbons (Fsp3) is 0.263. The largest absolute Gasteiger partial charge is 0.484 e. The lowest BCUT2D eigenvalue weighted by Crippen LogP contribution is -2.26. The quantitative estimate of drug-likeness (QED) is 0.626. The van der Waals surface area contributed by atoms with Crippen molar-refractivity contribution < 1.29 is 9.53 Å². The molecule has 0 radical (unpaired) electrons. The molecule has 0 fully saturated rings. The average molecular weight is 310 g/mol. The minimum absolute atomic E-state index is 0.0544. The number of ether oxygens (including phenoxy) is 1. The number of carbonyl (C=O) groups is 1. The van der Waals surface area contributed by atoms with E-state index in [2.05, 4.69) is 17.5 Å². The average Bonchev–Trinajstić information content (AvgIpc) is 2.57. The summed E-state index contributed by atoms with van der Waals surface area (Å²) in [5.41, 5.74) is 5.56. The first-order valence-electron chi connectivity index (χ1n) is 7.79. The molecule has 0 heterocycles. The molecule has 0 aliphatic rings. The van der Waals surface area contributed by atoms with Crippen LogP contribution in [0.1, 0.15) is 30.9 Å². The number of rotatable bonds is 7. The molecular formula is C19H22N2O2. The van der Waals surface area contributed by atoms with Gasteiger partial charge in [0.2, 0.25) is 0 Å². The summed E-state index contributed by atoms with van der Waals surface area (Å²) >= 11 is 0. The van der Waals surface area contributed by atoms with Crippen LogP contribution in [0, 0.1) is 6.92 Å². The van der Waals surface area contributed by atoms with Crippen molar-refractivity contribution in [2.45, 2.75) is 26.7 Å². The van der Waals surface area contributed by atoms with E-state index in [0.717, 1.165) is 29.7 Å². The zero-order chi connectivity index (χ0) is 16.5. The van der Waals surface area contributed by atoms with Crippen molar-refractivity contribution in [3.63, 3.8) is 0 Å². The Balaban J connectivity index is 1.92. The van der Waals surface area contributed by atoms with E-state index in [0.29, 0.717) is 5.75 Å². The maximum Gasteiger partial charge on any atom is 0.277 e. The molecule has 23 heavy (non-hydrogen) atoms. The molecule has 0 atom stereocenters. The topological polar surface area (TPSA) is 50.7 Å². The lowest BCUT2D eigenvalue weighted by molar-refractivity contribution is -0.123. The molecule has 0 saturated carbocycles. The molecule has 0 unspecified atom stereocenters. The van der Waals surface area contributed by atoms with Gasteiger partial charge in [-0.1, -0.05) is 55.8 Å². The standard InChI is InChI=1S/C19H22N2O2/c1-3-8-18(16-10-5-4-6-11-16)20-21-19(22)14-23-17-12-7-9-15(2)13-17/h4-7,9-13H,3,8,14H2,1-2H3,(H,21,22). The number of aryl methyl sites for hydroxylation is 1. The van der Waals surface area contributed by atoms with Crippen molar-refractivity contribution in [2.24, 2.45) is 5.10 Å². The van der Waals surface area contributed by atoms with Gasteiger partial charge in [0, 0.05) is 0 Å². The van der Waals surface area contributed by atoms with E-state index in [1.807, 2.05) is 61.5 Å². The van der Waals surface area contributed by atoms with E-state index < -0.39 is 0 Å². The summed E-state index contributed by atoms with van der Waals surface area (Å²) in [6.07, 6.45) is 1.77. The Hall–Kier alpha value is -2.62. The van der Waals surface area contributed by atoms with Gasteiger partial charge in [-0.3, -0.25) is 4.79 Å². The molecule has 2 rings (SSSR count). The fourth-order valence-corrected chi connectivity index (χ4v) is 2.15. The molecule has 0 aromatic heterocycles. The Bertz CT molecular complexity index is 666. The number of hydrazone groups is 1. The van der Waals surface area contributed by atoms with Crippen LogP contribution < -0.4 is 10.2 Å². The second-order valence-electron chi connectivity index (χ2n) is 5.31. The van der Waals surface area contributed by atoms with Gasteiger partial charge in [-0.25, -0.2) is 5.43 Å². The molecular weight excluding hydrogens is 288 g/mol. The predicted octanol–water partition coefficient (Wildman–Crippen LogP) is 3.69. The van der Waals surface area contributed by atoms with E-state index in [1.54, 1.807) is 0 Å². The van der Waals surface area contributed by atoms with Crippen LogP contribution in [0.15, 0.2) is 59.7 Å². The van der Waals surface area contributed by atoms with Gasteiger partial charge < -0.3 is 4.74 Å². The van der Waals surface area contributed by atoms with Crippen molar-refractivity contribution in [1.29, 1.82) is 0 Å². The normalized spacial score (nSPS) is 11.1. The summed E-state index contributed by atoms with van der Waals surface area (Å²) in [6, 6.07) is 17.5. The minimum Gasteiger partial charge on any atom is -0.484 e. The lowest BCUT2D eigenvalue weighted by Gasteiger charge is -2.08. The third-order valence-electron chi connectivity index (χ3n) is 3.27. The molecule has 4 nitrogen and oxygen atoms in total. The van der Waals surface area contributed by atoms with E-state index in [4.69, 9.17) is 4.74 Å². The van der Waals surface area contributed by atoms with Crippen molar-refractivity contribution in [3.05, 3.63) is 65.7 Å². The third-order valence-corrected chi connectivity index (χ3v) is 3.27. The van der Waals surface area contributed by atoms with Crippen LogP contribution in [0.3, 0.4) is 0 Å². The van der Waals surface area contributed by atoms with E-state index in [1.165, 1.54) is 0 Å².